The van der Waals surface area contributed by atoms with Crippen molar-refractivity contribution in [2.75, 3.05) is 7.11 Å². The number of rotatable bonds is 4. The van der Waals surface area contributed by atoms with Crippen molar-refractivity contribution >= 4 is 16.7 Å². The van der Waals surface area contributed by atoms with Crippen LogP contribution in [-0.2, 0) is 11.2 Å². The largest absolute Gasteiger partial charge is 0.497 e. The van der Waals surface area contributed by atoms with E-state index in [1.54, 1.807) is 27.2 Å². The van der Waals surface area contributed by atoms with Gasteiger partial charge in [0.1, 0.15) is 5.75 Å². The molecule has 0 radical (unpaired) electrons. The lowest BCUT2D eigenvalue weighted by molar-refractivity contribution is -0.146. The Bertz CT molecular complexity index is 620. The summed E-state index contributed by atoms with van der Waals surface area (Å²) >= 11 is 0. The summed E-state index contributed by atoms with van der Waals surface area (Å²) in [4.78, 5) is 15.5. The second-order valence-corrected chi connectivity index (χ2v) is 5.21. The summed E-state index contributed by atoms with van der Waals surface area (Å²) in [6.07, 6.45) is 2.10. The van der Waals surface area contributed by atoms with Crippen molar-refractivity contribution in [3.8, 4) is 5.75 Å². The van der Waals surface area contributed by atoms with Gasteiger partial charge in [0.2, 0.25) is 0 Å². The molecule has 0 spiro atoms. The Morgan fingerprint density at radius 3 is 2.74 bits per heavy atom. The minimum Gasteiger partial charge on any atom is -0.497 e. The molecule has 0 fully saturated rings. The summed E-state index contributed by atoms with van der Waals surface area (Å²) < 4.78 is 5.19. The fourth-order valence-electron chi connectivity index (χ4n) is 1.98. The van der Waals surface area contributed by atoms with E-state index < -0.39 is 11.4 Å². The van der Waals surface area contributed by atoms with Gasteiger partial charge in [0.25, 0.3) is 0 Å². The minimum atomic E-state index is -0.832. The Morgan fingerprint density at radius 2 is 2.11 bits per heavy atom. The zero-order valence-electron chi connectivity index (χ0n) is 11.3. The van der Waals surface area contributed by atoms with Crippen molar-refractivity contribution in [2.45, 2.75) is 20.3 Å². The van der Waals surface area contributed by atoms with Crippen molar-refractivity contribution in [3.05, 3.63) is 36.2 Å². The normalized spacial score (nSPS) is 11.5. The standard InChI is InChI=1S/C15H17NO3/c1-15(2,14(17)18)9-13-12-5-4-11(19-3)8-10(12)6-7-16-13/h4-8H,9H2,1-3H3,(H,17,18). The van der Waals surface area contributed by atoms with E-state index in [1.807, 2.05) is 24.3 Å². The summed E-state index contributed by atoms with van der Waals surface area (Å²) in [6, 6.07) is 7.61. The molecule has 0 aliphatic rings. The second-order valence-electron chi connectivity index (χ2n) is 5.21. The van der Waals surface area contributed by atoms with Crippen LogP contribution in [0.1, 0.15) is 19.5 Å². The van der Waals surface area contributed by atoms with E-state index in [0.29, 0.717) is 6.42 Å². The van der Waals surface area contributed by atoms with Gasteiger partial charge in [-0.2, -0.15) is 0 Å². The van der Waals surface area contributed by atoms with Crippen LogP contribution in [-0.4, -0.2) is 23.2 Å². The van der Waals surface area contributed by atoms with Crippen LogP contribution in [0.15, 0.2) is 30.5 Å². The molecule has 2 rings (SSSR count). The fourth-order valence-corrected chi connectivity index (χ4v) is 1.98. The Balaban J connectivity index is 2.47. The molecule has 0 unspecified atom stereocenters. The van der Waals surface area contributed by atoms with E-state index in [2.05, 4.69) is 4.98 Å². The van der Waals surface area contributed by atoms with Gasteiger partial charge in [-0.15, -0.1) is 0 Å². The van der Waals surface area contributed by atoms with Crippen LogP contribution in [0, 0.1) is 5.41 Å². The Labute approximate surface area is 112 Å². The monoisotopic (exact) mass is 259 g/mol. The molecule has 0 saturated heterocycles. The molecule has 4 nitrogen and oxygen atoms in total. The minimum absolute atomic E-state index is 0.395. The van der Waals surface area contributed by atoms with Crippen molar-refractivity contribution in [1.82, 2.24) is 4.98 Å². The van der Waals surface area contributed by atoms with E-state index in [1.165, 1.54) is 0 Å². The highest BCUT2D eigenvalue weighted by Crippen LogP contribution is 2.27. The van der Waals surface area contributed by atoms with Gasteiger partial charge in [0.05, 0.1) is 12.5 Å². The summed E-state index contributed by atoms with van der Waals surface area (Å²) in [7, 11) is 1.62. The predicted octanol–water partition coefficient (Wildman–Crippen LogP) is 2.90. The molecular weight excluding hydrogens is 242 g/mol. The average Bonchev–Trinajstić information content (AvgIpc) is 2.38. The van der Waals surface area contributed by atoms with Crippen molar-refractivity contribution in [3.63, 3.8) is 0 Å². The molecule has 0 aliphatic carbocycles. The highest BCUT2D eigenvalue weighted by molar-refractivity contribution is 5.86. The number of nitrogens with zero attached hydrogens (tertiary/aromatic N) is 1. The number of methoxy groups -OCH3 is 1. The number of hydrogen-bond donors (Lipinski definition) is 1. The lowest BCUT2D eigenvalue weighted by Gasteiger charge is -2.19. The van der Waals surface area contributed by atoms with Gasteiger partial charge in [0, 0.05) is 23.7 Å². The quantitative estimate of drug-likeness (QED) is 0.917. The van der Waals surface area contributed by atoms with Crippen molar-refractivity contribution in [2.24, 2.45) is 5.41 Å². The van der Waals surface area contributed by atoms with Gasteiger partial charge in [-0.3, -0.25) is 9.78 Å². The molecule has 1 N–H and O–H groups in total. The number of carboxylic acids is 1. The molecule has 0 atom stereocenters. The zero-order valence-corrected chi connectivity index (χ0v) is 11.3. The van der Waals surface area contributed by atoms with Crippen LogP contribution in [0.2, 0.25) is 0 Å². The number of fused-ring (bicyclic) bond motifs is 1. The first-order valence-corrected chi connectivity index (χ1v) is 6.09. The SMILES string of the molecule is COc1ccc2c(CC(C)(C)C(=O)O)nccc2c1. The van der Waals surface area contributed by atoms with Gasteiger partial charge >= 0.3 is 5.97 Å². The number of ether oxygens (including phenoxy) is 1. The summed E-state index contributed by atoms with van der Waals surface area (Å²) in [6.45, 7) is 3.42. The molecule has 0 aliphatic heterocycles. The van der Waals surface area contributed by atoms with Crippen LogP contribution in [0.4, 0.5) is 0 Å². The maximum atomic E-state index is 11.2. The fraction of sp³-hybridized carbons (Fsp3) is 0.333. The van der Waals surface area contributed by atoms with Gasteiger partial charge < -0.3 is 9.84 Å². The number of aromatic nitrogens is 1. The molecule has 1 aromatic carbocycles. The molecular formula is C15H17NO3. The Kier molecular flexibility index (Phi) is 3.42. The third-order valence-electron chi connectivity index (χ3n) is 3.24. The molecule has 100 valence electrons. The topological polar surface area (TPSA) is 59.4 Å². The van der Waals surface area contributed by atoms with Gasteiger partial charge in [0.15, 0.2) is 0 Å². The van der Waals surface area contributed by atoms with Gasteiger partial charge in [-0.1, -0.05) is 0 Å². The number of carboxylic acid groups (broad SMARTS) is 1. The average molecular weight is 259 g/mol. The summed E-state index contributed by atoms with van der Waals surface area (Å²) in [5.74, 6) is -0.0399. The first-order chi connectivity index (χ1) is 8.94. The molecule has 1 heterocycles. The molecule has 4 heteroatoms. The van der Waals surface area contributed by atoms with Crippen molar-refractivity contribution in [1.29, 1.82) is 0 Å². The lowest BCUT2D eigenvalue weighted by atomic mass is 9.86. The highest BCUT2D eigenvalue weighted by atomic mass is 16.5. The van der Waals surface area contributed by atoms with Crippen LogP contribution < -0.4 is 4.74 Å². The Hall–Kier alpha value is -2.10. The summed E-state index contributed by atoms with van der Waals surface area (Å²) in [5, 5.41) is 11.2. The number of pyridine rings is 1. The van der Waals surface area contributed by atoms with Crippen molar-refractivity contribution < 1.29 is 14.6 Å². The van der Waals surface area contributed by atoms with Gasteiger partial charge in [-0.05, 0) is 43.5 Å². The molecule has 2 aromatic rings. The van der Waals surface area contributed by atoms with Gasteiger partial charge in [-0.25, -0.2) is 0 Å². The smallest absolute Gasteiger partial charge is 0.309 e. The van der Waals surface area contributed by atoms with E-state index in [4.69, 9.17) is 4.74 Å². The van der Waals surface area contributed by atoms with Crippen LogP contribution in [0.5, 0.6) is 5.75 Å². The molecule has 0 bridgehead atoms. The third-order valence-corrected chi connectivity index (χ3v) is 3.24. The van der Waals surface area contributed by atoms with E-state index in [-0.39, 0.29) is 0 Å². The maximum absolute atomic E-state index is 11.2. The molecule has 0 amide bonds. The van der Waals surface area contributed by atoms with Crippen LogP contribution in [0.3, 0.4) is 0 Å². The van der Waals surface area contributed by atoms with E-state index in [0.717, 1.165) is 22.2 Å². The molecule has 1 aromatic heterocycles. The third kappa shape index (κ3) is 2.67. The number of hydrogen-bond acceptors (Lipinski definition) is 3. The predicted molar refractivity (Wildman–Crippen MR) is 73.4 cm³/mol. The van der Waals surface area contributed by atoms with Crippen LogP contribution >= 0.6 is 0 Å². The second kappa shape index (κ2) is 4.88. The number of carbonyl (C=O) groups is 1. The zero-order chi connectivity index (χ0) is 14.0. The first kappa shape index (κ1) is 13.3. The van der Waals surface area contributed by atoms with Crippen LogP contribution in [0.25, 0.3) is 10.8 Å². The number of benzene rings is 1. The summed E-state index contributed by atoms with van der Waals surface area (Å²) in [5.41, 5.74) is -0.0335. The lowest BCUT2D eigenvalue weighted by Crippen LogP contribution is -2.26. The maximum Gasteiger partial charge on any atom is 0.309 e. The molecule has 0 saturated carbocycles. The van der Waals surface area contributed by atoms with E-state index >= 15 is 0 Å². The van der Waals surface area contributed by atoms with E-state index in [9.17, 15) is 9.90 Å². The first-order valence-electron chi connectivity index (χ1n) is 6.09. The highest BCUT2D eigenvalue weighted by Gasteiger charge is 2.28. The Morgan fingerprint density at radius 1 is 1.37 bits per heavy atom. The molecule has 19 heavy (non-hydrogen) atoms. The number of aliphatic carboxylic acids is 1.